The molecule has 0 heterocycles. The molecule has 0 radical (unpaired) electrons. The number of nitrogens with one attached hydrogen (secondary N) is 1. The van der Waals surface area contributed by atoms with Crippen molar-refractivity contribution in [3.8, 4) is 11.8 Å². The van der Waals surface area contributed by atoms with Gasteiger partial charge in [0.15, 0.2) is 0 Å². The fourth-order valence-electron chi connectivity index (χ4n) is 1.75. The zero-order valence-corrected chi connectivity index (χ0v) is 11.6. The van der Waals surface area contributed by atoms with Crippen molar-refractivity contribution < 1.29 is 9.84 Å². The molecular weight excluding hydrogens is 240 g/mol. The summed E-state index contributed by atoms with van der Waals surface area (Å²) in [6, 6.07) is 9.32. The van der Waals surface area contributed by atoms with Crippen LogP contribution in [0.25, 0.3) is 0 Å². The third-order valence-electron chi connectivity index (χ3n) is 2.85. The van der Waals surface area contributed by atoms with E-state index in [9.17, 15) is 5.11 Å². The molecule has 4 nitrogen and oxygen atoms in total. The Morgan fingerprint density at radius 2 is 2.05 bits per heavy atom. The van der Waals surface area contributed by atoms with Gasteiger partial charge < -0.3 is 15.2 Å². The van der Waals surface area contributed by atoms with Crippen LogP contribution in [0, 0.1) is 11.3 Å². The second-order valence-electron chi connectivity index (χ2n) is 4.70. The van der Waals surface area contributed by atoms with Crippen molar-refractivity contribution in [2.45, 2.75) is 38.8 Å². The Morgan fingerprint density at radius 1 is 1.37 bits per heavy atom. The highest BCUT2D eigenvalue weighted by atomic mass is 16.5. The Kier molecular flexibility index (Phi) is 6.94. The molecule has 0 fully saturated rings. The van der Waals surface area contributed by atoms with Crippen LogP contribution in [-0.2, 0) is 0 Å². The molecule has 0 bridgehead atoms. The highest BCUT2D eigenvalue weighted by Gasteiger charge is 2.07. The first-order chi connectivity index (χ1) is 9.15. The van der Waals surface area contributed by atoms with Crippen LogP contribution in [0.15, 0.2) is 24.3 Å². The van der Waals surface area contributed by atoms with Gasteiger partial charge in [0.05, 0.1) is 11.6 Å². The van der Waals surface area contributed by atoms with Gasteiger partial charge in [-0.1, -0.05) is 13.3 Å². The molecule has 0 amide bonds. The van der Waals surface area contributed by atoms with E-state index >= 15 is 0 Å². The molecule has 1 rings (SSSR count). The van der Waals surface area contributed by atoms with Gasteiger partial charge in [-0.25, -0.2) is 0 Å². The number of hydrogen-bond donors (Lipinski definition) is 2. The lowest BCUT2D eigenvalue weighted by atomic mass is 10.2. The molecule has 0 saturated heterocycles. The number of nitrogens with zero attached hydrogens (tertiary/aromatic N) is 1. The third-order valence-corrected chi connectivity index (χ3v) is 2.85. The van der Waals surface area contributed by atoms with Crippen molar-refractivity contribution in [3.63, 3.8) is 0 Å². The van der Waals surface area contributed by atoms with Crippen molar-refractivity contribution in [2.24, 2.45) is 0 Å². The lowest BCUT2D eigenvalue weighted by molar-refractivity contribution is 0.104. The summed E-state index contributed by atoms with van der Waals surface area (Å²) in [5, 5.41) is 21.7. The van der Waals surface area contributed by atoms with Gasteiger partial charge in [-0.2, -0.15) is 5.26 Å². The van der Waals surface area contributed by atoms with E-state index in [2.05, 4.69) is 19.2 Å². The van der Waals surface area contributed by atoms with Gasteiger partial charge in [0, 0.05) is 12.6 Å². The fraction of sp³-hybridized carbons (Fsp3) is 0.533. The predicted octanol–water partition coefficient (Wildman–Crippen LogP) is 2.08. The lowest BCUT2D eigenvalue weighted by Crippen LogP contribution is -2.36. The number of rotatable bonds is 8. The van der Waals surface area contributed by atoms with Crippen LogP contribution in [0.4, 0.5) is 0 Å². The molecule has 0 aliphatic rings. The number of benzene rings is 1. The molecule has 1 aromatic rings. The number of aliphatic hydroxyl groups excluding tert-OH is 1. The normalized spacial score (nSPS) is 13.6. The Bertz CT molecular complexity index is 398. The summed E-state index contributed by atoms with van der Waals surface area (Å²) >= 11 is 0. The highest BCUT2D eigenvalue weighted by molar-refractivity contribution is 5.34. The van der Waals surface area contributed by atoms with Gasteiger partial charge in [0.2, 0.25) is 0 Å². The van der Waals surface area contributed by atoms with Crippen LogP contribution in [0.1, 0.15) is 32.3 Å². The summed E-state index contributed by atoms with van der Waals surface area (Å²) < 4.78 is 5.46. The summed E-state index contributed by atoms with van der Waals surface area (Å²) in [5.41, 5.74) is 0.600. The molecule has 0 aromatic heterocycles. The van der Waals surface area contributed by atoms with Gasteiger partial charge in [0.25, 0.3) is 0 Å². The van der Waals surface area contributed by atoms with Crippen molar-refractivity contribution >= 4 is 0 Å². The van der Waals surface area contributed by atoms with E-state index in [1.165, 1.54) is 0 Å². The minimum Gasteiger partial charge on any atom is -0.491 e. The monoisotopic (exact) mass is 262 g/mol. The van der Waals surface area contributed by atoms with Crippen LogP contribution in [0.3, 0.4) is 0 Å². The minimum absolute atomic E-state index is 0.248. The Labute approximate surface area is 115 Å². The van der Waals surface area contributed by atoms with E-state index in [4.69, 9.17) is 10.00 Å². The first kappa shape index (κ1) is 15.5. The molecule has 2 N–H and O–H groups in total. The van der Waals surface area contributed by atoms with Gasteiger partial charge >= 0.3 is 0 Å². The van der Waals surface area contributed by atoms with Crippen molar-refractivity contribution in [1.82, 2.24) is 5.32 Å². The van der Waals surface area contributed by atoms with Crippen molar-refractivity contribution in [1.29, 1.82) is 5.26 Å². The molecule has 0 aliphatic heterocycles. The maximum atomic E-state index is 9.79. The van der Waals surface area contributed by atoms with Gasteiger partial charge in [0.1, 0.15) is 18.5 Å². The summed E-state index contributed by atoms with van der Waals surface area (Å²) in [5.74, 6) is 0.666. The molecule has 0 saturated carbocycles. The molecule has 2 atom stereocenters. The van der Waals surface area contributed by atoms with Crippen molar-refractivity contribution in [2.75, 3.05) is 13.2 Å². The Hall–Kier alpha value is -1.57. The Morgan fingerprint density at radius 3 is 2.63 bits per heavy atom. The van der Waals surface area contributed by atoms with E-state index in [1.54, 1.807) is 24.3 Å². The highest BCUT2D eigenvalue weighted by Crippen LogP contribution is 2.11. The maximum absolute atomic E-state index is 9.79. The summed E-state index contributed by atoms with van der Waals surface area (Å²) in [4.78, 5) is 0. The standard InChI is InChI=1S/C15H22N2O2/c1-3-4-12(2)17-10-14(18)11-19-15-7-5-13(9-16)6-8-15/h5-8,12,14,17-18H,3-4,10-11H2,1-2H3/t12-,14+/m1/s1. The first-order valence-corrected chi connectivity index (χ1v) is 6.70. The number of nitriles is 1. The minimum atomic E-state index is -0.532. The SMILES string of the molecule is CCC[C@@H](C)NC[C@H](O)COc1ccc(C#N)cc1. The molecule has 4 heteroatoms. The number of hydrogen-bond acceptors (Lipinski definition) is 4. The molecule has 104 valence electrons. The second-order valence-corrected chi connectivity index (χ2v) is 4.70. The van der Waals surface area contributed by atoms with E-state index in [0.29, 0.717) is 23.9 Å². The summed E-state index contributed by atoms with van der Waals surface area (Å²) in [6.07, 6.45) is 1.70. The lowest BCUT2D eigenvalue weighted by Gasteiger charge is -2.17. The number of ether oxygens (including phenoxy) is 1. The topological polar surface area (TPSA) is 65.3 Å². The smallest absolute Gasteiger partial charge is 0.119 e. The zero-order chi connectivity index (χ0) is 14.1. The summed E-state index contributed by atoms with van der Waals surface area (Å²) in [6.45, 7) is 5.02. The molecular formula is C15H22N2O2. The van der Waals surface area contributed by atoms with E-state index in [1.807, 2.05) is 6.07 Å². The molecule has 0 spiro atoms. The van der Waals surface area contributed by atoms with E-state index in [-0.39, 0.29) is 6.61 Å². The van der Waals surface area contributed by atoms with E-state index < -0.39 is 6.10 Å². The summed E-state index contributed by atoms with van der Waals surface area (Å²) in [7, 11) is 0. The van der Waals surface area contributed by atoms with Crippen LogP contribution >= 0.6 is 0 Å². The predicted molar refractivity (Wildman–Crippen MR) is 75.0 cm³/mol. The largest absolute Gasteiger partial charge is 0.491 e. The van der Waals surface area contributed by atoms with E-state index in [0.717, 1.165) is 12.8 Å². The quantitative estimate of drug-likeness (QED) is 0.753. The average Bonchev–Trinajstić information content (AvgIpc) is 2.44. The molecule has 19 heavy (non-hydrogen) atoms. The Balaban J connectivity index is 2.25. The maximum Gasteiger partial charge on any atom is 0.119 e. The fourth-order valence-corrected chi connectivity index (χ4v) is 1.75. The first-order valence-electron chi connectivity index (χ1n) is 6.70. The van der Waals surface area contributed by atoms with Crippen LogP contribution in [-0.4, -0.2) is 30.4 Å². The number of aliphatic hydroxyl groups is 1. The molecule has 1 aromatic carbocycles. The average molecular weight is 262 g/mol. The van der Waals surface area contributed by atoms with Gasteiger partial charge in [-0.3, -0.25) is 0 Å². The van der Waals surface area contributed by atoms with Crippen LogP contribution in [0.2, 0.25) is 0 Å². The van der Waals surface area contributed by atoms with Gasteiger partial charge in [-0.05, 0) is 37.6 Å². The molecule has 0 aliphatic carbocycles. The van der Waals surface area contributed by atoms with Gasteiger partial charge in [-0.15, -0.1) is 0 Å². The van der Waals surface area contributed by atoms with Crippen LogP contribution in [0.5, 0.6) is 5.75 Å². The van der Waals surface area contributed by atoms with Crippen LogP contribution < -0.4 is 10.1 Å². The second kappa shape index (κ2) is 8.52. The zero-order valence-electron chi connectivity index (χ0n) is 11.6. The van der Waals surface area contributed by atoms with Crippen molar-refractivity contribution in [3.05, 3.63) is 29.8 Å². The molecule has 0 unspecified atom stereocenters. The third kappa shape index (κ3) is 6.23.